The molecule has 0 aliphatic carbocycles. The summed E-state index contributed by atoms with van der Waals surface area (Å²) in [7, 11) is -3.83. The molecule has 0 aromatic heterocycles. The van der Waals surface area contributed by atoms with Crippen LogP contribution in [-0.4, -0.2) is 51.2 Å². The van der Waals surface area contributed by atoms with E-state index in [0.29, 0.717) is 30.5 Å². The average molecular weight is 419 g/mol. The molecule has 1 amide bonds. The van der Waals surface area contributed by atoms with Gasteiger partial charge in [-0.2, -0.15) is 0 Å². The lowest BCUT2D eigenvalue weighted by Gasteiger charge is -2.21. The molecule has 3 aliphatic heterocycles. The zero-order chi connectivity index (χ0) is 18.8. The number of benzene rings is 2. The molecule has 5 rings (SSSR count). The van der Waals surface area contributed by atoms with Gasteiger partial charge in [-0.3, -0.25) is 9.59 Å². The van der Waals surface area contributed by atoms with E-state index in [-0.39, 0.29) is 45.0 Å². The number of hydrogen-bond donors (Lipinski definition) is 1. The highest BCUT2D eigenvalue weighted by Gasteiger charge is 2.39. The van der Waals surface area contributed by atoms with Crippen LogP contribution in [0.15, 0.2) is 52.3 Å². The molecule has 2 fully saturated rings. The molecule has 0 radical (unpaired) electrons. The van der Waals surface area contributed by atoms with Crippen molar-refractivity contribution >= 4 is 33.9 Å². The van der Waals surface area contributed by atoms with Crippen LogP contribution in [0.5, 0.6) is 0 Å². The Hall–Kier alpha value is -2.22. The molecule has 0 bridgehead atoms. The molecule has 3 heterocycles. The largest absolute Gasteiger partial charge is 0.338 e. The van der Waals surface area contributed by atoms with Crippen molar-refractivity contribution < 1.29 is 18.0 Å². The number of fused-ring (bicyclic) bond motifs is 3. The van der Waals surface area contributed by atoms with Crippen LogP contribution in [0.25, 0.3) is 0 Å². The van der Waals surface area contributed by atoms with Gasteiger partial charge >= 0.3 is 0 Å². The van der Waals surface area contributed by atoms with Crippen molar-refractivity contribution in [3.05, 3.63) is 59.2 Å². The SMILES string of the molecule is Cl.O=C1c2ccccc2S(=O)(=O)c2cc(C(=O)N3C[C@H]4CNC[C@H]4C3)ccc21. The van der Waals surface area contributed by atoms with Crippen LogP contribution >= 0.6 is 12.4 Å². The smallest absolute Gasteiger partial charge is 0.253 e. The van der Waals surface area contributed by atoms with Crippen LogP contribution in [0.4, 0.5) is 0 Å². The molecule has 28 heavy (non-hydrogen) atoms. The summed E-state index contributed by atoms with van der Waals surface area (Å²) >= 11 is 0. The number of rotatable bonds is 1. The van der Waals surface area contributed by atoms with E-state index in [9.17, 15) is 18.0 Å². The fraction of sp³-hybridized carbons (Fsp3) is 0.300. The van der Waals surface area contributed by atoms with Crippen molar-refractivity contribution in [2.24, 2.45) is 11.8 Å². The molecule has 6 nitrogen and oxygen atoms in total. The quantitative estimate of drug-likeness (QED) is 0.651. The predicted octanol–water partition coefficient (Wildman–Crippen LogP) is 1.78. The van der Waals surface area contributed by atoms with Gasteiger partial charge in [-0.1, -0.05) is 12.1 Å². The Morgan fingerprint density at radius 3 is 2.32 bits per heavy atom. The number of amides is 1. The molecule has 2 aromatic carbocycles. The molecule has 3 aliphatic rings. The maximum atomic E-state index is 13.0. The van der Waals surface area contributed by atoms with E-state index in [1.807, 2.05) is 0 Å². The van der Waals surface area contributed by atoms with Crippen LogP contribution in [0.3, 0.4) is 0 Å². The van der Waals surface area contributed by atoms with Gasteiger partial charge in [0.1, 0.15) is 0 Å². The van der Waals surface area contributed by atoms with E-state index in [1.54, 1.807) is 23.1 Å². The van der Waals surface area contributed by atoms with Gasteiger partial charge in [0.05, 0.1) is 9.79 Å². The summed E-state index contributed by atoms with van der Waals surface area (Å²) in [5, 5.41) is 3.33. The lowest BCUT2D eigenvalue weighted by Crippen LogP contribution is -2.32. The van der Waals surface area contributed by atoms with E-state index in [2.05, 4.69) is 5.32 Å². The summed E-state index contributed by atoms with van der Waals surface area (Å²) in [5.74, 6) is 0.428. The van der Waals surface area contributed by atoms with Crippen molar-refractivity contribution in [3.63, 3.8) is 0 Å². The number of ketones is 1. The van der Waals surface area contributed by atoms with Gasteiger partial charge in [0.2, 0.25) is 9.84 Å². The third kappa shape index (κ3) is 2.69. The second kappa shape index (κ2) is 6.69. The molecular formula is C20H19ClN2O4S. The third-order valence-corrected chi connectivity index (χ3v) is 7.71. The van der Waals surface area contributed by atoms with Gasteiger partial charge in [0.25, 0.3) is 5.91 Å². The second-order valence-electron chi connectivity index (χ2n) is 7.43. The van der Waals surface area contributed by atoms with E-state index in [1.165, 1.54) is 24.3 Å². The summed E-state index contributed by atoms with van der Waals surface area (Å²) in [6.45, 7) is 3.20. The highest BCUT2D eigenvalue weighted by Crippen LogP contribution is 2.35. The Balaban J connectivity index is 0.00000192. The number of halogens is 1. The van der Waals surface area contributed by atoms with Gasteiger partial charge in [-0.15, -0.1) is 12.4 Å². The van der Waals surface area contributed by atoms with E-state index < -0.39 is 9.84 Å². The van der Waals surface area contributed by atoms with E-state index in [0.717, 1.165) is 13.1 Å². The molecule has 0 spiro atoms. The van der Waals surface area contributed by atoms with Crippen molar-refractivity contribution in [2.75, 3.05) is 26.2 Å². The fourth-order valence-electron chi connectivity index (χ4n) is 4.42. The molecule has 2 atom stereocenters. The Bertz CT molecular complexity index is 1090. The summed E-state index contributed by atoms with van der Waals surface area (Å²) in [6, 6.07) is 10.6. The molecular weight excluding hydrogens is 400 g/mol. The number of nitrogens with one attached hydrogen (secondary N) is 1. The van der Waals surface area contributed by atoms with Crippen molar-refractivity contribution in [1.82, 2.24) is 10.2 Å². The van der Waals surface area contributed by atoms with Crippen molar-refractivity contribution in [2.45, 2.75) is 9.79 Å². The lowest BCUT2D eigenvalue weighted by atomic mass is 10.0. The van der Waals surface area contributed by atoms with Gasteiger partial charge in [0, 0.05) is 42.9 Å². The Morgan fingerprint density at radius 2 is 1.61 bits per heavy atom. The van der Waals surface area contributed by atoms with Crippen LogP contribution in [-0.2, 0) is 9.84 Å². The predicted molar refractivity (Wildman–Crippen MR) is 105 cm³/mol. The minimum atomic E-state index is -3.83. The molecule has 0 saturated carbocycles. The Labute approximate surface area is 169 Å². The maximum absolute atomic E-state index is 13.0. The Morgan fingerprint density at radius 1 is 0.964 bits per heavy atom. The normalized spacial score (nSPS) is 24.1. The van der Waals surface area contributed by atoms with Crippen LogP contribution in [0.2, 0.25) is 0 Å². The standard InChI is InChI=1S/C20H18N2O4S.ClH/c23-19-15-3-1-2-4-17(15)27(25,26)18-7-12(5-6-16(18)19)20(24)22-10-13-8-21-9-14(13)11-22;/h1-7,13-14,21H,8-11H2;1H/t13-,14+;. The number of nitrogens with zero attached hydrogens (tertiary/aromatic N) is 1. The molecule has 1 N–H and O–H groups in total. The third-order valence-electron chi connectivity index (χ3n) is 5.86. The van der Waals surface area contributed by atoms with Crippen LogP contribution in [0, 0.1) is 11.8 Å². The first-order chi connectivity index (χ1) is 13.0. The molecule has 8 heteroatoms. The molecule has 146 valence electrons. The highest BCUT2D eigenvalue weighted by molar-refractivity contribution is 7.91. The van der Waals surface area contributed by atoms with E-state index >= 15 is 0 Å². The highest BCUT2D eigenvalue weighted by atomic mass is 35.5. The van der Waals surface area contributed by atoms with Crippen LogP contribution < -0.4 is 5.32 Å². The molecule has 0 unspecified atom stereocenters. The first kappa shape index (κ1) is 19.1. The summed E-state index contributed by atoms with van der Waals surface area (Å²) < 4.78 is 26.0. The lowest BCUT2D eigenvalue weighted by molar-refractivity contribution is 0.0781. The summed E-state index contributed by atoms with van der Waals surface area (Å²) in [6.07, 6.45) is 0. The summed E-state index contributed by atoms with van der Waals surface area (Å²) in [4.78, 5) is 27.4. The van der Waals surface area contributed by atoms with Gasteiger partial charge < -0.3 is 10.2 Å². The number of hydrogen-bond acceptors (Lipinski definition) is 5. The summed E-state index contributed by atoms with van der Waals surface area (Å²) in [5.41, 5.74) is 0.633. The first-order valence-corrected chi connectivity index (χ1v) is 10.5. The minimum Gasteiger partial charge on any atom is -0.338 e. The van der Waals surface area contributed by atoms with E-state index in [4.69, 9.17) is 0 Å². The maximum Gasteiger partial charge on any atom is 0.253 e. The first-order valence-electron chi connectivity index (χ1n) is 8.99. The zero-order valence-corrected chi connectivity index (χ0v) is 16.6. The van der Waals surface area contributed by atoms with Crippen molar-refractivity contribution in [1.29, 1.82) is 0 Å². The number of sulfone groups is 1. The van der Waals surface area contributed by atoms with Gasteiger partial charge in [0.15, 0.2) is 5.78 Å². The van der Waals surface area contributed by atoms with Gasteiger partial charge in [-0.05, 0) is 42.2 Å². The molecule has 2 aromatic rings. The fourth-order valence-corrected chi connectivity index (χ4v) is 6.10. The second-order valence-corrected chi connectivity index (χ2v) is 9.31. The van der Waals surface area contributed by atoms with Gasteiger partial charge in [-0.25, -0.2) is 8.42 Å². The van der Waals surface area contributed by atoms with Crippen LogP contribution in [0.1, 0.15) is 26.3 Å². The molecule has 2 saturated heterocycles. The van der Waals surface area contributed by atoms with Crippen molar-refractivity contribution in [3.8, 4) is 0 Å². The number of carbonyl (C=O) groups excluding carboxylic acids is 2. The minimum absolute atomic E-state index is 0. The number of carbonyl (C=O) groups is 2. The topological polar surface area (TPSA) is 83.5 Å². The monoisotopic (exact) mass is 418 g/mol. The Kier molecular flexibility index (Phi) is 4.56. The average Bonchev–Trinajstić information content (AvgIpc) is 3.28. The number of likely N-dealkylation sites (tertiary alicyclic amines) is 1. The zero-order valence-electron chi connectivity index (χ0n) is 14.9.